The molecule has 0 unspecified atom stereocenters. The number of aromatic nitrogens is 2. The summed E-state index contributed by atoms with van der Waals surface area (Å²) in [5, 5.41) is 0. The Morgan fingerprint density at radius 3 is 2.81 bits per heavy atom. The van der Waals surface area contributed by atoms with Crippen molar-refractivity contribution in [2.75, 3.05) is 20.7 Å². The fraction of sp³-hybridized carbons (Fsp3) is 0.667. The lowest BCUT2D eigenvalue weighted by Gasteiger charge is -2.21. The molecule has 2 N–H and O–H groups in total. The number of unbranched alkanes of at least 4 members (excludes halogenated alkanes) is 1. The van der Waals surface area contributed by atoms with E-state index in [4.69, 9.17) is 0 Å². The first-order valence-corrected chi connectivity index (χ1v) is 8.13. The van der Waals surface area contributed by atoms with Gasteiger partial charge in [-0.25, -0.2) is 4.98 Å². The molecule has 0 radical (unpaired) electrons. The van der Waals surface area contributed by atoms with Gasteiger partial charge in [-0.15, -0.1) is 0 Å². The van der Waals surface area contributed by atoms with Crippen molar-refractivity contribution in [1.82, 2.24) is 19.0 Å². The lowest BCUT2D eigenvalue weighted by molar-refractivity contribution is -0.142. The van der Waals surface area contributed by atoms with Crippen molar-refractivity contribution in [3.8, 4) is 0 Å². The summed E-state index contributed by atoms with van der Waals surface area (Å²) in [5.41, 5.74) is 0.643. The molecule has 1 heterocycles. The minimum absolute atomic E-state index is 0.146. The Balaban J connectivity index is 2.77. The van der Waals surface area contributed by atoms with E-state index in [1.165, 1.54) is 31.0 Å². The number of ether oxygens (including phenoxy) is 1. The molecule has 0 aromatic carbocycles. The largest absolute Gasteiger partial charge is 0.468 e. The van der Waals surface area contributed by atoms with Crippen LogP contribution in [0.1, 0.15) is 25.5 Å². The van der Waals surface area contributed by atoms with Gasteiger partial charge in [0.2, 0.25) is 0 Å². The molecule has 1 atom stereocenters. The maximum Gasteiger partial charge on any atom is 0.324 e. The highest BCUT2D eigenvalue weighted by molar-refractivity contribution is 7.87. The number of rotatable bonds is 9. The molecule has 0 saturated heterocycles. The average molecular weight is 318 g/mol. The third-order valence-electron chi connectivity index (χ3n) is 2.99. The van der Waals surface area contributed by atoms with Crippen LogP contribution < -0.4 is 4.72 Å². The Morgan fingerprint density at radius 2 is 2.29 bits per heavy atom. The van der Waals surface area contributed by atoms with Gasteiger partial charge in [0.1, 0.15) is 6.04 Å². The highest BCUT2D eigenvalue weighted by atomic mass is 32.2. The number of aromatic amines is 1. The van der Waals surface area contributed by atoms with Crippen LogP contribution in [0.15, 0.2) is 12.5 Å². The van der Waals surface area contributed by atoms with Gasteiger partial charge in [-0.1, -0.05) is 13.3 Å². The van der Waals surface area contributed by atoms with Crippen LogP contribution in [0.3, 0.4) is 0 Å². The predicted octanol–water partition coefficient (Wildman–Crippen LogP) is 0.0601. The first-order valence-electron chi connectivity index (χ1n) is 6.69. The Hall–Kier alpha value is -1.45. The van der Waals surface area contributed by atoms with E-state index < -0.39 is 22.2 Å². The molecule has 0 bridgehead atoms. The standard InChI is InChI=1S/C12H22N4O4S/c1-4-5-6-16(2)21(18,19)15-11(12(17)20-3)7-10-8-13-9-14-10/h8-9,11,15H,4-7H2,1-3H3,(H,13,14)/t11-/m0/s1. The highest BCUT2D eigenvalue weighted by Gasteiger charge is 2.28. The topological polar surface area (TPSA) is 104 Å². The molecule has 120 valence electrons. The molecule has 0 aliphatic rings. The molecule has 8 nitrogen and oxygen atoms in total. The number of carbonyl (C=O) groups excluding carboxylic acids is 1. The van der Waals surface area contributed by atoms with Crippen molar-refractivity contribution in [3.05, 3.63) is 18.2 Å². The van der Waals surface area contributed by atoms with Gasteiger partial charge in [0, 0.05) is 31.9 Å². The molecular formula is C12H22N4O4S. The van der Waals surface area contributed by atoms with Crippen LogP contribution in [0.2, 0.25) is 0 Å². The number of nitrogens with one attached hydrogen (secondary N) is 2. The first-order chi connectivity index (χ1) is 9.90. The Kier molecular flexibility index (Phi) is 6.79. The first kappa shape index (κ1) is 17.6. The summed E-state index contributed by atoms with van der Waals surface area (Å²) < 4.78 is 32.6. The van der Waals surface area contributed by atoms with E-state index in [1.54, 1.807) is 0 Å². The molecule has 1 aromatic rings. The van der Waals surface area contributed by atoms with E-state index in [0.717, 1.165) is 12.8 Å². The molecule has 1 rings (SSSR count). The van der Waals surface area contributed by atoms with E-state index in [-0.39, 0.29) is 6.42 Å². The van der Waals surface area contributed by atoms with Crippen molar-refractivity contribution in [2.45, 2.75) is 32.2 Å². The van der Waals surface area contributed by atoms with Crippen LogP contribution in [0.4, 0.5) is 0 Å². The van der Waals surface area contributed by atoms with Gasteiger partial charge in [-0.3, -0.25) is 4.79 Å². The molecule has 9 heteroatoms. The van der Waals surface area contributed by atoms with Crippen molar-refractivity contribution in [1.29, 1.82) is 0 Å². The van der Waals surface area contributed by atoms with Gasteiger partial charge < -0.3 is 9.72 Å². The van der Waals surface area contributed by atoms with Gasteiger partial charge in [0.25, 0.3) is 10.2 Å². The Bertz CT molecular complexity index is 529. The SMILES string of the molecule is CCCCN(C)S(=O)(=O)N[C@@H](Cc1cnc[nH]1)C(=O)OC. The Morgan fingerprint density at radius 1 is 1.57 bits per heavy atom. The fourth-order valence-corrected chi connectivity index (χ4v) is 2.79. The molecule has 21 heavy (non-hydrogen) atoms. The molecule has 0 aliphatic heterocycles. The zero-order valence-corrected chi connectivity index (χ0v) is 13.3. The fourth-order valence-electron chi connectivity index (χ4n) is 1.70. The summed E-state index contributed by atoms with van der Waals surface area (Å²) in [6.07, 6.45) is 4.78. The summed E-state index contributed by atoms with van der Waals surface area (Å²) in [6.45, 7) is 2.37. The molecule has 0 fully saturated rings. The molecular weight excluding hydrogens is 296 g/mol. The van der Waals surface area contributed by atoms with Gasteiger partial charge in [0.15, 0.2) is 0 Å². The summed E-state index contributed by atoms with van der Waals surface area (Å²) in [6, 6.07) is -0.996. The molecule has 0 spiro atoms. The molecule has 0 amide bonds. The Labute approximate surface area is 125 Å². The van der Waals surface area contributed by atoms with E-state index >= 15 is 0 Å². The second-order valence-corrected chi connectivity index (χ2v) is 6.46. The monoisotopic (exact) mass is 318 g/mol. The van der Waals surface area contributed by atoms with Crippen LogP contribution >= 0.6 is 0 Å². The zero-order valence-electron chi connectivity index (χ0n) is 12.5. The molecule has 0 saturated carbocycles. The number of esters is 1. The minimum Gasteiger partial charge on any atom is -0.468 e. The summed E-state index contributed by atoms with van der Waals surface area (Å²) in [5.74, 6) is -0.642. The lowest BCUT2D eigenvalue weighted by Crippen LogP contribution is -2.48. The molecule has 0 aliphatic carbocycles. The second-order valence-electron chi connectivity index (χ2n) is 4.65. The summed E-state index contributed by atoms with van der Waals surface area (Å²) in [7, 11) is -1.05. The van der Waals surface area contributed by atoms with Crippen LogP contribution in [0, 0.1) is 0 Å². The summed E-state index contributed by atoms with van der Waals surface area (Å²) in [4.78, 5) is 18.4. The predicted molar refractivity (Wildman–Crippen MR) is 77.7 cm³/mol. The van der Waals surface area contributed by atoms with Crippen molar-refractivity contribution in [3.63, 3.8) is 0 Å². The summed E-state index contributed by atoms with van der Waals surface area (Å²) >= 11 is 0. The maximum atomic E-state index is 12.2. The van der Waals surface area contributed by atoms with Crippen LogP contribution in [-0.2, 0) is 26.2 Å². The van der Waals surface area contributed by atoms with Gasteiger partial charge in [0.05, 0.1) is 13.4 Å². The van der Waals surface area contributed by atoms with E-state index in [2.05, 4.69) is 19.4 Å². The van der Waals surface area contributed by atoms with Gasteiger partial charge in [-0.2, -0.15) is 17.4 Å². The normalized spacial score (nSPS) is 13.3. The smallest absolute Gasteiger partial charge is 0.324 e. The zero-order chi connectivity index (χ0) is 15.9. The van der Waals surface area contributed by atoms with Crippen LogP contribution in [0.25, 0.3) is 0 Å². The number of imidazole rings is 1. The van der Waals surface area contributed by atoms with Gasteiger partial charge >= 0.3 is 5.97 Å². The second kappa shape index (κ2) is 8.11. The van der Waals surface area contributed by atoms with Crippen LogP contribution in [-0.4, -0.2) is 55.4 Å². The van der Waals surface area contributed by atoms with Crippen molar-refractivity contribution >= 4 is 16.2 Å². The van der Waals surface area contributed by atoms with E-state index in [1.807, 2.05) is 6.92 Å². The third-order valence-corrected chi connectivity index (χ3v) is 4.58. The van der Waals surface area contributed by atoms with Crippen molar-refractivity contribution < 1.29 is 17.9 Å². The quantitative estimate of drug-likeness (QED) is 0.627. The number of carbonyl (C=O) groups is 1. The van der Waals surface area contributed by atoms with Crippen molar-refractivity contribution in [2.24, 2.45) is 0 Å². The van der Waals surface area contributed by atoms with Gasteiger partial charge in [-0.05, 0) is 6.42 Å². The third kappa shape index (κ3) is 5.44. The van der Waals surface area contributed by atoms with Crippen LogP contribution in [0.5, 0.6) is 0 Å². The number of hydrogen-bond donors (Lipinski definition) is 2. The highest BCUT2D eigenvalue weighted by Crippen LogP contribution is 2.05. The number of methoxy groups -OCH3 is 1. The number of hydrogen-bond acceptors (Lipinski definition) is 5. The number of H-pyrrole nitrogens is 1. The van der Waals surface area contributed by atoms with E-state index in [0.29, 0.717) is 12.2 Å². The lowest BCUT2D eigenvalue weighted by atomic mass is 10.2. The number of nitrogens with zero attached hydrogens (tertiary/aromatic N) is 2. The minimum atomic E-state index is -3.74. The van der Waals surface area contributed by atoms with E-state index in [9.17, 15) is 13.2 Å². The molecule has 1 aromatic heterocycles. The maximum absolute atomic E-state index is 12.2. The average Bonchev–Trinajstić information content (AvgIpc) is 2.95.